The van der Waals surface area contributed by atoms with Gasteiger partial charge in [0, 0.05) is 5.41 Å². The number of hydrogen-bond acceptors (Lipinski definition) is 6. The number of thioether (sulfide) groups is 1. The second-order valence-corrected chi connectivity index (χ2v) is 10.6. The number of amides is 1. The van der Waals surface area contributed by atoms with Crippen LogP contribution in [-0.4, -0.2) is 39.0 Å². The van der Waals surface area contributed by atoms with Gasteiger partial charge in [0.1, 0.15) is 5.82 Å². The molecule has 4 fully saturated rings. The molecule has 9 heteroatoms. The molecule has 4 aliphatic rings. The van der Waals surface area contributed by atoms with Gasteiger partial charge < -0.3 is 10.1 Å². The largest absolute Gasteiger partial charge is 0.465 e. The molecular weight excluding hydrogens is 443 g/mol. The van der Waals surface area contributed by atoms with E-state index in [1.807, 2.05) is 0 Å². The van der Waals surface area contributed by atoms with Crippen molar-refractivity contribution in [2.75, 3.05) is 12.4 Å². The fourth-order valence-electron chi connectivity index (χ4n) is 6.44. The van der Waals surface area contributed by atoms with Crippen molar-refractivity contribution in [3.05, 3.63) is 35.9 Å². The topological polar surface area (TPSA) is 86.1 Å². The number of ether oxygens (including phenoxy) is 1. The van der Waals surface area contributed by atoms with E-state index in [1.165, 1.54) is 43.2 Å². The first kappa shape index (κ1) is 22.4. The van der Waals surface area contributed by atoms with Crippen LogP contribution in [0, 0.1) is 29.0 Å². The van der Waals surface area contributed by atoms with Gasteiger partial charge in [0.05, 0.1) is 24.6 Å². The maximum atomic E-state index is 14.0. The summed E-state index contributed by atoms with van der Waals surface area (Å²) in [7, 11) is 0. The van der Waals surface area contributed by atoms with E-state index in [-0.39, 0.29) is 35.4 Å². The number of nitrogens with zero attached hydrogens (tertiary/aromatic N) is 3. The number of halogens is 1. The molecule has 6 rings (SSSR count). The molecule has 4 aliphatic carbocycles. The lowest BCUT2D eigenvalue weighted by atomic mass is 9.49. The second kappa shape index (κ2) is 9.08. The molecule has 4 saturated carbocycles. The highest BCUT2D eigenvalue weighted by atomic mass is 32.2. The maximum absolute atomic E-state index is 14.0. The monoisotopic (exact) mass is 472 g/mol. The van der Waals surface area contributed by atoms with Gasteiger partial charge in [-0.2, -0.15) is 0 Å². The van der Waals surface area contributed by atoms with Gasteiger partial charge in [-0.25, -0.2) is 4.39 Å². The Balaban J connectivity index is 1.34. The molecule has 33 heavy (non-hydrogen) atoms. The molecule has 2 aromatic rings. The van der Waals surface area contributed by atoms with E-state index in [0.717, 1.165) is 19.3 Å². The number of carbonyl (C=O) groups is 2. The van der Waals surface area contributed by atoms with Crippen molar-refractivity contribution in [3.63, 3.8) is 0 Å². The third-order valence-corrected chi connectivity index (χ3v) is 8.22. The number of nitrogens with one attached hydrogen (secondary N) is 1. The summed E-state index contributed by atoms with van der Waals surface area (Å²) in [6.07, 6.45) is 6.80. The van der Waals surface area contributed by atoms with Gasteiger partial charge in [0.2, 0.25) is 5.91 Å². The lowest BCUT2D eigenvalue weighted by Crippen LogP contribution is -2.53. The van der Waals surface area contributed by atoms with Gasteiger partial charge in [0.25, 0.3) is 0 Å². The first-order valence-electron chi connectivity index (χ1n) is 11.7. The number of benzene rings is 1. The van der Waals surface area contributed by atoms with Crippen LogP contribution in [0.25, 0.3) is 5.69 Å². The number of rotatable bonds is 8. The quantitative estimate of drug-likeness (QED) is 0.463. The fourth-order valence-corrected chi connectivity index (χ4v) is 7.21. The van der Waals surface area contributed by atoms with Crippen molar-refractivity contribution in [3.8, 4) is 5.69 Å². The Kier molecular flexibility index (Phi) is 6.16. The molecule has 1 aromatic heterocycles. The molecule has 0 unspecified atom stereocenters. The molecule has 0 atom stereocenters. The van der Waals surface area contributed by atoms with Crippen molar-refractivity contribution in [2.45, 2.75) is 57.1 Å². The summed E-state index contributed by atoms with van der Waals surface area (Å²) in [5, 5.41) is 12.1. The first-order chi connectivity index (χ1) is 16.0. The highest BCUT2D eigenvalue weighted by Gasteiger charge is 2.54. The van der Waals surface area contributed by atoms with Crippen LogP contribution in [-0.2, 0) is 20.9 Å². The molecule has 7 nitrogen and oxygen atoms in total. The van der Waals surface area contributed by atoms with Crippen molar-refractivity contribution in [2.24, 2.45) is 23.2 Å². The lowest BCUT2D eigenvalue weighted by molar-refractivity contribution is -0.146. The normalized spacial score (nSPS) is 27.5. The van der Waals surface area contributed by atoms with Gasteiger partial charge in [0.15, 0.2) is 11.0 Å². The highest BCUT2D eigenvalue weighted by molar-refractivity contribution is 7.99. The summed E-state index contributed by atoms with van der Waals surface area (Å²) in [5.41, 5.74) is 0.297. The SMILES string of the molecule is CCOC(=O)CSc1nnc(CNC(=O)C23CC4CC(CC(C4)C2)C3)n1-c1cccc(F)c1. The molecule has 0 radical (unpaired) electrons. The highest BCUT2D eigenvalue weighted by Crippen LogP contribution is 2.60. The number of aromatic nitrogens is 3. The first-order valence-corrected chi connectivity index (χ1v) is 12.7. The second-order valence-electron chi connectivity index (χ2n) is 9.69. The zero-order chi connectivity index (χ0) is 23.0. The summed E-state index contributed by atoms with van der Waals surface area (Å²) < 4.78 is 20.7. The Bertz CT molecular complexity index is 1020. The van der Waals surface area contributed by atoms with Crippen molar-refractivity contribution in [1.29, 1.82) is 0 Å². The summed E-state index contributed by atoms with van der Waals surface area (Å²) in [6, 6.07) is 6.13. The average Bonchev–Trinajstić information content (AvgIpc) is 3.18. The summed E-state index contributed by atoms with van der Waals surface area (Å²) in [4.78, 5) is 25.2. The molecule has 1 heterocycles. The van der Waals surface area contributed by atoms with Crippen LogP contribution in [0.15, 0.2) is 29.4 Å². The minimum atomic E-state index is -0.383. The Labute approximate surface area is 196 Å². The van der Waals surface area contributed by atoms with E-state index >= 15 is 0 Å². The van der Waals surface area contributed by atoms with Gasteiger partial charge in [-0.05, 0) is 81.4 Å². The molecule has 1 aromatic carbocycles. The Morgan fingerprint density at radius 3 is 2.52 bits per heavy atom. The van der Waals surface area contributed by atoms with E-state index in [9.17, 15) is 14.0 Å². The lowest BCUT2D eigenvalue weighted by Gasteiger charge is -2.55. The number of esters is 1. The van der Waals surface area contributed by atoms with Crippen molar-refractivity contribution in [1.82, 2.24) is 20.1 Å². The van der Waals surface area contributed by atoms with E-state index < -0.39 is 0 Å². The van der Waals surface area contributed by atoms with E-state index in [0.29, 0.717) is 41.0 Å². The van der Waals surface area contributed by atoms with Crippen LogP contribution in [0.2, 0.25) is 0 Å². The molecule has 0 aliphatic heterocycles. The molecule has 1 N–H and O–H groups in total. The van der Waals surface area contributed by atoms with E-state index in [2.05, 4.69) is 15.5 Å². The van der Waals surface area contributed by atoms with Gasteiger partial charge >= 0.3 is 5.97 Å². The minimum Gasteiger partial charge on any atom is -0.465 e. The van der Waals surface area contributed by atoms with Crippen LogP contribution in [0.3, 0.4) is 0 Å². The Morgan fingerprint density at radius 1 is 1.18 bits per heavy atom. The number of hydrogen-bond donors (Lipinski definition) is 1. The van der Waals surface area contributed by atoms with Crippen LogP contribution >= 0.6 is 11.8 Å². The third-order valence-electron chi connectivity index (χ3n) is 7.32. The predicted octanol–water partition coefficient (Wildman–Crippen LogP) is 3.89. The minimum absolute atomic E-state index is 0.0704. The van der Waals surface area contributed by atoms with Crippen LogP contribution in [0.4, 0.5) is 4.39 Å². The summed E-state index contributed by atoms with van der Waals surface area (Å²) >= 11 is 1.18. The molecule has 1 amide bonds. The summed E-state index contributed by atoms with van der Waals surface area (Å²) in [6.45, 7) is 2.25. The number of carbonyl (C=O) groups excluding carboxylic acids is 2. The molecule has 0 spiro atoms. The average molecular weight is 473 g/mol. The van der Waals surface area contributed by atoms with E-state index in [4.69, 9.17) is 4.74 Å². The predicted molar refractivity (Wildman–Crippen MR) is 121 cm³/mol. The zero-order valence-electron chi connectivity index (χ0n) is 18.8. The Hall–Kier alpha value is -2.42. The van der Waals surface area contributed by atoms with Crippen LogP contribution in [0.1, 0.15) is 51.3 Å². The van der Waals surface area contributed by atoms with Crippen molar-refractivity contribution >= 4 is 23.6 Å². The van der Waals surface area contributed by atoms with Gasteiger partial charge in [-0.3, -0.25) is 14.2 Å². The van der Waals surface area contributed by atoms with Gasteiger partial charge in [-0.15, -0.1) is 10.2 Å². The molecule has 176 valence electrons. The summed E-state index contributed by atoms with van der Waals surface area (Å²) in [5.74, 6) is 2.00. The zero-order valence-corrected chi connectivity index (χ0v) is 19.6. The van der Waals surface area contributed by atoms with Crippen molar-refractivity contribution < 1.29 is 18.7 Å². The fraction of sp³-hybridized carbons (Fsp3) is 0.583. The third kappa shape index (κ3) is 4.52. The van der Waals surface area contributed by atoms with Crippen LogP contribution < -0.4 is 5.32 Å². The molecule has 0 saturated heterocycles. The standard InChI is InChI=1S/C24H29FN4O3S/c1-2-32-21(30)14-33-23-28-27-20(29(23)19-5-3-4-18(25)9-19)13-26-22(31)24-10-15-6-16(11-24)8-17(7-15)12-24/h3-5,9,15-17H,2,6-8,10-14H2,1H3,(H,26,31). The van der Waals surface area contributed by atoms with E-state index in [1.54, 1.807) is 23.6 Å². The van der Waals surface area contributed by atoms with Crippen LogP contribution in [0.5, 0.6) is 0 Å². The smallest absolute Gasteiger partial charge is 0.316 e. The molecular formula is C24H29FN4O3S. The molecule has 4 bridgehead atoms. The van der Waals surface area contributed by atoms with Gasteiger partial charge in [-0.1, -0.05) is 17.8 Å². The maximum Gasteiger partial charge on any atom is 0.316 e. The Morgan fingerprint density at radius 2 is 1.88 bits per heavy atom.